The van der Waals surface area contributed by atoms with Crippen molar-refractivity contribution in [3.05, 3.63) is 51.2 Å². The Hall–Kier alpha value is -2.37. The number of aromatic nitrogens is 2. The summed E-state index contributed by atoms with van der Waals surface area (Å²) in [5.41, 5.74) is 2.84. The zero-order valence-electron chi connectivity index (χ0n) is 12.8. The fraction of sp³-hybridized carbons (Fsp3) is 0.400. The van der Waals surface area contributed by atoms with Crippen LogP contribution >= 0.6 is 0 Å². The van der Waals surface area contributed by atoms with E-state index in [1.807, 2.05) is 45.0 Å². The summed E-state index contributed by atoms with van der Waals surface area (Å²) in [5.74, 6) is 0.451. The van der Waals surface area contributed by atoms with E-state index in [0.717, 1.165) is 11.1 Å². The molecular formula is C15H20N4O2. The van der Waals surface area contributed by atoms with E-state index in [2.05, 4.69) is 10.4 Å². The summed E-state index contributed by atoms with van der Waals surface area (Å²) >= 11 is 0. The molecule has 1 atom stereocenters. The molecule has 1 N–H and O–H groups in total. The minimum absolute atomic E-state index is 0.0370. The van der Waals surface area contributed by atoms with Gasteiger partial charge in [-0.2, -0.15) is 5.10 Å². The molecule has 1 unspecified atom stereocenters. The third kappa shape index (κ3) is 2.89. The molecule has 0 radical (unpaired) electrons. The van der Waals surface area contributed by atoms with Gasteiger partial charge in [0.05, 0.1) is 11.0 Å². The first-order valence-corrected chi connectivity index (χ1v) is 6.98. The summed E-state index contributed by atoms with van der Waals surface area (Å²) in [7, 11) is 1.72. The Morgan fingerprint density at radius 2 is 2.10 bits per heavy atom. The monoisotopic (exact) mass is 288 g/mol. The molecule has 21 heavy (non-hydrogen) atoms. The zero-order chi connectivity index (χ0) is 15.6. The molecule has 0 saturated carbocycles. The zero-order valence-corrected chi connectivity index (χ0v) is 12.8. The van der Waals surface area contributed by atoms with Crippen LogP contribution in [0.25, 0.3) is 0 Å². The van der Waals surface area contributed by atoms with E-state index in [-0.39, 0.29) is 16.7 Å². The van der Waals surface area contributed by atoms with Gasteiger partial charge >= 0.3 is 5.69 Å². The molecule has 1 heterocycles. The molecular weight excluding hydrogens is 268 g/mol. The summed E-state index contributed by atoms with van der Waals surface area (Å²) in [6.45, 7) is 5.89. The van der Waals surface area contributed by atoms with E-state index in [9.17, 15) is 10.1 Å². The van der Waals surface area contributed by atoms with Crippen molar-refractivity contribution in [2.45, 2.75) is 33.2 Å². The Morgan fingerprint density at radius 3 is 2.67 bits per heavy atom. The van der Waals surface area contributed by atoms with Gasteiger partial charge in [-0.3, -0.25) is 10.1 Å². The van der Waals surface area contributed by atoms with Gasteiger partial charge in [-0.1, -0.05) is 31.2 Å². The Kier molecular flexibility index (Phi) is 4.26. The van der Waals surface area contributed by atoms with E-state index < -0.39 is 0 Å². The van der Waals surface area contributed by atoms with Gasteiger partial charge in [-0.25, -0.2) is 4.68 Å². The van der Waals surface area contributed by atoms with Crippen LogP contribution in [0.15, 0.2) is 24.3 Å². The first-order chi connectivity index (χ1) is 9.95. The lowest BCUT2D eigenvalue weighted by atomic mass is 10.0. The molecule has 0 aliphatic carbocycles. The summed E-state index contributed by atoms with van der Waals surface area (Å²) in [4.78, 5) is 10.9. The molecule has 0 fully saturated rings. The van der Waals surface area contributed by atoms with E-state index in [1.165, 1.54) is 0 Å². The Morgan fingerprint density at radius 1 is 1.43 bits per heavy atom. The van der Waals surface area contributed by atoms with Crippen LogP contribution in [0.4, 0.5) is 11.5 Å². The number of benzene rings is 1. The minimum Gasteiger partial charge on any atom is -0.358 e. The summed E-state index contributed by atoms with van der Waals surface area (Å²) in [6, 6.07) is 7.96. The quantitative estimate of drug-likeness (QED) is 0.676. The van der Waals surface area contributed by atoms with Gasteiger partial charge in [0.25, 0.3) is 0 Å². The van der Waals surface area contributed by atoms with Crippen molar-refractivity contribution >= 4 is 11.5 Å². The largest absolute Gasteiger partial charge is 0.358 e. The van der Waals surface area contributed by atoms with Crippen LogP contribution in [-0.4, -0.2) is 14.7 Å². The van der Waals surface area contributed by atoms with Gasteiger partial charge < -0.3 is 5.32 Å². The van der Waals surface area contributed by atoms with Gasteiger partial charge in [0, 0.05) is 7.05 Å². The maximum Gasteiger partial charge on any atom is 0.333 e. The van der Waals surface area contributed by atoms with Crippen LogP contribution < -0.4 is 5.32 Å². The van der Waals surface area contributed by atoms with Crippen molar-refractivity contribution in [2.24, 2.45) is 7.05 Å². The summed E-state index contributed by atoms with van der Waals surface area (Å²) in [6.07, 6.45) is 0.532. The smallest absolute Gasteiger partial charge is 0.333 e. The summed E-state index contributed by atoms with van der Waals surface area (Å²) in [5, 5.41) is 18.8. The Balaban J connectivity index is 2.38. The van der Waals surface area contributed by atoms with Crippen molar-refractivity contribution in [1.82, 2.24) is 9.78 Å². The highest BCUT2D eigenvalue weighted by Gasteiger charge is 2.26. The normalized spacial score (nSPS) is 12.2. The van der Waals surface area contributed by atoms with Crippen molar-refractivity contribution in [3.8, 4) is 0 Å². The average molecular weight is 288 g/mol. The van der Waals surface area contributed by atoms with Crippen LogP contribution in [-0.2, 0) is 13.5 Å². The number of hydrogen-bond donors (Lipinski definition) is 1. The molecule has 1 aromatic carbocycles. The molecule has 0 amide bonds. The maximum atomic E-state index is 11.3. The van der Waals surface area contributed by atoms with E-state index in [1.54, 1.807) is 11.7 Å². The van der Waals surface area contributed by atoms with Gasteiger partial charge in [-0.15, -0.1) is 0 Å². The predicted octanol–water partition coefficient (Wildman–Crippen LogP) is 3.37. The number of aryl methyl sites for hydroxylation is 3. The minimum atomic E-state index is -0.362. The van der Waals surface area contributed by atoms with Crippen LogP contribution in [0.1, 0.15) is 36.7 Å². The lowest BCUT2D eigenvalue weighted by Gasteiger charge is -2.17. The molecule has 2 rings (SSSR count). The molecule has 6 heteroatoms. The third-order valence-electron chi connectivity index (χ3n) is 3.62. The molecule has 6 nitrogen and oxygen atoms in total. The number of anilines is 1. The Bertz CT molecular complexity index is 664. The van der Waals surface area contributed by atoms with Gasteiger partial charge in [0.1, 0.15) is 5.69 Å². The molecule has 0 bridgehead atoms. The molecule has 0 aliphatic rings. The van der Waals surface area contributed by atoms with Crippen molar-refractivity contribution in [3.63, 3.8) is 0 Å². The second-order valence-electron chi connectivity index (χ2n) is 5.10. The SMILES string of the molecule is CCc1nn(C)c(NC(C)c2ccccc2C)c1[N+](=O)[O-]. The fourth-order valence-corrected chi connectivity index (χ4v) is 2.52. The van der Waals surface area contributed by atoms with E-state index >= 15 is 0 Å². The first kappa shape index (κ1) is 15.0. The van der Waals surface area contributed by atoms with Gasteiger partial charge in [-0.05, 0) is 31.4 Å². The highest BCUT2D eigenvalue weighted by molar-refractivity contribution is 5.60. The number of hydrogen-bond acceptors (Lipinski definition) is 4. The van der Waals surface area contributed by atoms with Gasteiger partial charge in [0.2, 0.25) is 5.82 Å². The standard InChI is InChI=1S/C15H20N4O2/c1-5-13-14(19(20)21)15(18(4)17-13)16-11(3)12-9-7-6-8-10(12)2/h6-9,11,16H,5H2,1-4H3. The van der Waals surface area contributed by atoms with Crippen LogP contribution in [0.2, 0.25) is 0 Å². The average Bonchev–Trinajstić information content (AvgIpc) is 2.75. The lowest BCUT2D eigenvalue weighted by Crippen LogP contribution is -2.12. The second-order valence-corrected chi connectivity index (χ2v) is 5.10. The van der Waals surface area contributed by atoms with Crippen LogP contribution in [0.5, 0.6) is 0 Å². The van der Waals surface area contributed by atoms with Crippen LogP contribution in [0, 0.1) is 17.0 Å². The van der Waals surface area contributed by atoms with E-state index in [4.69, 9.17) is 0 Å². The van der Waals surface area contributed by atoms with Crippen molar-refractivity contribution in [2.75, 3.05) is 5.32 Å². The number of nitrogens with zero attached hydrogens (tertiary/aromatic N) is 3. The third-order valence-corrected chi connectivity index (χ3v) is 3.62. The van der Waals surface area contributed by atoms with Crippen LogP contribution in [0.3, 0.4) is 0 Å². The predicted molar refractivity (Wildman–Crippen MR) is 82.5 cm³/mol. The summed E-state index contributed by atoms with van der Waals surface area (Å²) < 4.78 is 1.55. The molecule has 1 aromatic heterocycles. The number of nitro groups is 1. The molecule has 0 spiro atoms. The number of nitrogens with one attached hydrogen (secondary N) is 1. The lowest BCUT2D eigenvalue weighted by molar-refractivity contribution is -0.384. The molecule has 0 aliphatic heterocycles. The fourth-order valence-electron chi connectivity index (χ4n) is 2.52. The second kappa shape index (κ2) is 5.95. The molecule has 2 aromatic rings. The van der Waals surface area contributed by atoms with Crippen molar-refractivity contribution in [1.29, 1.82) is 0 Å². The Labute approximate surface area is 123 Å². The topological polar surface area (TPSA) is 73.0 Å². The van der Waals surface area contributed by atoms with E-state index in [0.29, 0.717) is 17.9 Å². The highest BCUT2D eigenvalue weighted by atomic mass is 16.6. The highest BCUT2D eigenvalue weighted by Crippen LogP contribution is 2.31. The van der Waals surface area contributed by atoms with Gasteiger partial charge in [0.15, 0.2) is 0 Å². The maximum absolute atomic E-state index is 11.3. The first-order valence-electron chi connectivity index (χ1n) is 6.98. The molecule has 0 saturated heterocycles. The number of rotatable bonds is 5. The van der Waals surface area contributed by atoms with Crippen molar-refractivity contribution < 1.29 is 4.92 Å². The molecule has 112 valence electrons.